The Labute approximate surface area is 119 Å². The van der Waals surface area contributed by atoms with Gasteiger partial charge in [0.1, 0.15) is 11.9 Å². The lowest BCUT2D eigenvalue weighted by Crippen LogP contribution is -2.47. The summed E-state index contributed by atoms with van der Waals surface area (Å²) in [5.74, 6) is 3.62. The van der Waals surface area contributed by atoms with Gasteiger partial charge in [-0.05, 0) is 31.4 Å². The van der Waals surface area contributed by atoms with E-state index < -0.39 is 0 Å². The molecule has 0 radical (unpaired) electrons. The van der Waals surface area contributed by atoms with Crippen molar-refractivity contribution < 1.29 is 4.74 Å². The number of rotatable bonds is 3. The zero-order valence-corrected chi connectivity index (χ0v) is 12.4. The van der Waals surface area contributed by atoms with Crippen molar-refractivity contribution in [2.45, 2.75) is 43.9 Å². The van der Waals surface area contributed by atoms with Gasteiger partial charge in [-0.25, -0.2) is 4.98 Å². The molecule has 5 heteroatoms. The van der Waals surface area contributed by atoms with Crippen LogP contribution in [-0.4, -0.2) is 39.7 Å². The quantitative estimate of drug-likeness (QED) is 0.921. The third kappa shape index (κ3) is 3.15. The molecular formula is C14H23N3OS. The first-order valence-corrected chi connectivity index (χ1v) is 8.42. The number of hydrogen-bond donors (Lipinski definition) is 1. The predicted octanol–water partition coefficient (Wildman–Crippen LogP) is 2.13. The zero-order chi connectivity index (χ0) is 13.1. The first-order valence-electron chi connectivity index (χ1n) is 7.27. The lowest BCUT2D eigenvalue weighted by molar-refractivity contribution is -0.0200. The molecule has 19 heavy (non-hydrogen) atoms. The molecule has 106 valence electrons. The number of thioether (sulfide) groups is 1. The Morgan fingerprint density at radius 3 is 3.11 bits per heavy atom. The largest absolute Gasteiger partial charge is 0.369 e. The molecule has 1 unspecified atom stereocenters. The Morgan fingerprint density at radius 1 is 1.42 bits per heavy atom. The van der Waals surface area contributed by atoms with Crippen LogP contribution in [0.15, 0.2) is 12.4 Å². The van der Waals surface area contributed by atoms with Crippen LogP contribution in [0, 0.1) is 0 Å². The van der Waals surface area contributed by atoms with Gasteiger partial charge in [-0.1, -0.05) is 0 Å². The van der Waals surface area contributed by atoms with E-state index in [1.807, 2.05) is 19.4 Å². The van der Waals surface area contributed by atoms with Gasteiger partial charge in [0.2, 0.25) is 0 Å². The van der Waals surface area contributed by atoms with Crippen LogP contribution in [0.4, 0.5) is 0 Å². The maximum Gasteiger partial charge on any atom is 0.139 e. The first kappa shape index (κ1) is 13.5. The summed E-state index contributed by atoms with van der Waals surface area (Å²) in [5.41, 5.74) is 0. The Balaban J connectivity index is 1.68. The summed E-state index contributed by atoms with van der Waals surface area (Å²) >= 11 is 2.07. The molecule has 0 aliphatic carbocycles. The van der Waals surface area contributed by atoms with Gasteiger partial charge < -0.3 is 14.6 Å². The molecule has 2 aliphatic rings. The summed E-state index contributed by atoms with van der Waals surface area (Å²) in [4.78, 5) is 4.48. The molecule has 3 heterocycles. The van der Waals surface area contributed by atoms with Crippen LogP contribution >= 0.6 is 11.8 Å². The third-order valence-electron chi connectivity index (χ3n) is 4.05. The smallest absolute Gasteiger partial charge is 0.139 e. The normalized spacial score (nSPS) is 32.4. The number of nitrogens with zero attached hydrogens (tertiary/aromatic N) is 2. The van der Waals surface area contributed by atoms with Gasteiger partial charge in [0.05, 0.1) is 0 Å². The third-order valence-corrected chi connectivity index (χ3v) is 5.26. The van der Waals surface area contributed by atoms with E-state index in [-0.39, 0.29) is 6.10 Å². The highest BCUT2D eigenvalue weighted by atomic mass is 32.2. The van der Waals surface area contributed by atoms with E-state index in [1.54, 1.807) is 0 Å². The first-order chi connectivity index (χ1) is 9.34. The second-order valence-electron chi connectivity index (χ2n) is 5.52. The van der Waals surface area contributed by atoms with Gasteiger partial charge in [-0.2, -0.15) is 11.8 Å². The van der Waals surface area contributed by atoms with Crippen molar-refractivity contribution in [2.75, 3.05) is 18.1 Å². The van der Waals surface area contributed by atoms with E-state index in [1.165, 1.54) is 30.8 Å². The fourth-order valence-corrected chi connectivity index (χ4v) is 4.12. The molecule has 0 saturated carbocycles. The van der Waals surface area contributed by atoms with Crippen molar-refractivity contribution in [3.05, 3.63) is 18.2 Å². The molecule has 1 N–H and O–H groups in total. The fraction of sp³-hybridized carbons (Fsp3) is 0.786. The average molecular weight is 281 g/mol. The second kappa shape index (κ2) is 6.29. The van der Waals surface area contributed by atoms with Gasteiger partial charge >= 0.3 is 0 Å². The highest BCUT2D eigenvalue weighted by Gasteiger charge is 2.32. The maximum absolute atomic E-state index is 6.00. The minimum atomic E-state index is 0.112. The van der Waals surface area contributed by atoms with Gasteiger partial charge in [-0.15, -0.1) is 0 Å². The van der Waals surface area contributed by atoms with E-state index >= 15 is 0 Å². The summed E-state index contributed by atoms with van der Waals surface area (Å²) in [6.45, 7) is 0.856. The van der Waals surface area contributed by atoms with Crippen LogP contribution in [0.1, 0.15) is 37.6 Å². The Hall–Kier alpha value is -0.520. The zero-order valence-electron chi connectivity index (χ0n) is 11.5. The highest BCUT2D eigenvalue weighted by molar-refractivity contribution is 7.99. The SMILES string of the molecule is Cn1ccnc1[C@H]1OCCC[C@@H]1NC1CCCSC1. The summed E-state index contributed by atoms with van der Waals surface area (Å²) in [7, 11) is 2.05. The van der Waals surface area contributed by atoms with Crippen LogP contribution in [0.25, 0.3) is 0 Å². The van der Waals surface area contributed by atoms with Crippen LogP contribution < -0.4 is 5.32 Å². The van der Waals surface area contributed by atoms with Crippen molar-refractivity contribution in [1.82, 2.24) is 14.9 Å². The number of aryl methyl sites for hydroxylation is 1. The monoisotopic (exact) mass is 281 g/mol. The minimum absolute atomic E-state index is 0.112. The van der Waals surface area contributed by atoms with Crippen LogP contribution in [0.3, 0.4) is 0 Å². The summed E-state index contributed by atoms with van der Waals surface area (Å²) in [5, 5.41) is 3.82. The van der Waals surface area contributed by atoms with E-state index in [0.717, 1.165) is 18.9 Å². The second-order valence-corrected chi connectivity index (χ2v) is 6.67. The van der Waals surface area contributed by atoms with E-state index in [2.05, 4.69) is 26.6 Å². The van der Waals surface area contributed by atoms with Gasteiger partial charge in [0.15, 0.2) is 0 Å². The highest BCUT2D eigenvalue weighted by Crippen LogP contribution is 2.28. The summed E-state index contributed by atoms with van der Waals surface area (Å²) in [6, 6.07) is 1.06. The molecule has 3 atom stereocenters. The molecule has 1 aromatic heterocycles. The molecule has 0 amide bonds. The van der Waals surface area contributed by atoms with Gasteiger partial charge in [0.25, 0.3) is 0 Å². The lowest BCUT2D eigenvalue weighted by Gasteiger charge is -2.35. The van der Waals surface area contributed by atoms with Crippen molar-refractivity contribution in [3.8, 4) is 0 Å². The topological polar surface area (TPSA) is 39.1 Å². The van der Waals surface area contributed by atoms with Crippen molar-refractivity contribution >= 4 is 11.8 Å². The van der Waals surface area contributed by atoms with E-state index in [9.17, 15) is 0 Å². The number of aromatic nitrogens is 2. The molecular weight excluding hydrogens is 258 g/mol. The Bertz CT molecular complexity index is 403. The summed E-state index contributed by atoms with van der Waals surface area (Å²) < 4.78 is 8.09. The lowest BCUT2D eigenvalue weighted by atomic mass is 10.00. The molecule has 3 rings (SSSR count). The number of imidazole rings is 1. The summed E-state index contributed by atoms with van der Waals surface area (Å²) in [6.07, 6.45) is 8.96. The van der Waals surface area contributed by atoms with Crippen LogP contribution in [0.5, 0.6) is 0 Å². The molecule has 2 fully saturated rings. The Kier molecular flexibility index (Phi) is 4.45. The van der Waals surface area contributed by atoms with Crippen molar-refractivity contribution in [1.29, 1.82) is 0 Å². The molecule has 2 aliphatic heterocycles. The van der Waals surface area contributed by atoms with Crippen molar-refractivity contribution in [2.24, 2.45) is 7.05 Å². The van der Waals surface area contributed by atoms with Gasteiger partial charge in [-0.3, -0.25) is 0 Å². The number of ether oxygens (including phenoxy) is 1. The number of nitrogens with one attached hydrogen (secondary N) is 1. The Morgan fingerprint density at radius 2 is 2.37 bits per heavy atom. The molecule has 0 spiro atoms. The molecule has 4 nitrogen and oxygen atoms in total. The molecule has 2 saturated heterocycles. The van der Waals surface area contributed by atoms with E-state index in [0.29, 0.717) is 12.1 Å². The van der Waals surface area contributed by atoms with Crippen LogP contribution in [0.2, 0.25) is 0 Å². The fourth-order valence-electron chi connectivity index (χ4n) is 3.03. The molecule has 0 aromatic carbocycles. The molecule has 1 aromatic rings. The van der Waals surface area contributed by atoms with Gasteiger partial charge in [0, 0.05) is 43.9 Å². The van der Waals surface area contributed by atoms with E-state index in [4.69, 9.17) is 4.74 Å². The van der Waals surface area contributed by atoms with Crippen LogP contribution in [-0.2, 0) is 11.8 Å². The van der Waals surface area contributed by atoms with Crippen molar-refractivity contribution in [3.63, 3.8) is 0 Å². The standard InChI is InChI=1S/C14H23N3OS/c1-17-7-6-15-14(17)13-12(5-2-8-18-13)16-11-4-3-9-19-10-11/h6-7,11-13,16H,2-5,8-10H2,1H3/t11?,12-,13-/m0/s1. The molecule has 0 bridgehead atoms. The predicted molar refractivity (Wildman–Crippen MR) is 78.4 cm³/mol. The maximum atomic E-state index is 6.00. The minimum Gasteiger partial charge on any atom is -0.369 e. The number of hydrogen-bond acceptors (Lipinski definition) is 4. The average Bonchev–Trinajstić information content (AvgIpc) is 2.87.